The molecule has 1 rings (SSSR count). The molecule has 0 aliphatic rings. The first kappa shape index (κ1) is 13.5. The van der Waals surface area contributed by atoms with Gasteiger partial charge in [-0.25, -0.2) is 5.84 Å². The number of carbonyl (C=O) groups excluding carboxylic acids is 1. The van der Waals surface area contributed by atoms with Crippen LogP contribution in [0.5, 0.6) is 0 Å². The summed E-state index contributed by atoms with van der Waals surface area (Å²) in [7, 11) is 0. The highest BCUT2D eigenvalue weighted by Gasteiger charge is 2.06. The number of rotatable bonds is 5. The number of halogens is 1. The van der Waals surface area contributed by atoms with Crippen molar-refractivity contribution < 1.29 is 9.90 Å². The van der Waals surface area contributed by atoms with E-state index in [1.165, 1.54) is 0 Å². The Kier molecular flexibility index (Phi) is 5.83. The van der Waals surface area contributed by atoms with Crippen LogP contribution < -0.4 is 11.3 Å². The van der Waals surface area contributed by atoms with Crippen LogP contribution in [-0.4, -0.2) is 23.4 Å². The lowest BCUT2D eigenvalue weighted by Crippen LogP contribution is -2.29. The molecule has 4 nitrogen and oxygen atoms in total. The number of hydrogen-bond acceptors (Lipinski definition) is 4. The second-order valence-electron chi connectivity index (χ2n) is 3.06. The normalized spacial score (nSPS) is 10.2. The molecule has 1 aromatic carbocycles. The van der Waals surface area contributed by atoms with E-state index in [2.05, 4.69) is 21.4 Å². The molecule has 0 unspecified atom stereocenters. The standard InChI is InChI=1S/C10H13BrN2O2S/c11-9-5-7(10(15)13-12)1-2-8(9)6-16-4-3-14/h1-2,5,14H,3-4,6,12H2,(H,13,15). The van der Waals surface area contributed by atoms with E-state index < -0.39 is 0 Å². The van der Waals surface area contributed by atoms with Gasteiger partial charge in [0.1, 0.15) is 0 Å². The monoisotopic (exact) mass is 304 g/mol. The van der Waals surface area contributed by atoms with Gasteiger partial charge in [0.05, 0.1) is 6.61 Å². The summed E-state index contributed by atoms with van der Waals surface area (Å²) in [6.45, 7) is 0.177. The first-order valence-corrected chi connectivity index (χ1v) is 6.61. The van der Waals surface area contributed by atoms with E-state index in [1.807, 2.05) is 6.07 Å². The van der Waals surface area contributed by atoms with Crippen LogP contribution in [0.15, 0.2) is 22.7 Å². The van der Waals surface area contributed by atoms with Crippen LogP contribution in [0.25, 0.3) is 0 Å². The molecule has 0 aliphatic carbocycles. The van der Waals surface area contributed by atoms with Crippen LogP contribution >= 0.6 is 27.7 Å². The lowest BCUT2D eigenvalue weighted by Gasteiger charge is -2.06. The van der Waals surface area contributed by atoms with E-state index in [0.29, 0.717) is 11.3 Å². The molecule has 88 valence electrons. The molecular weight excluding hydrogens is 292 g/mol. The van der Waals surface area contributed by atoms with E-state index in [0.717, 1.165) is 15.8 Å². The molecule has 0 aromatic heterocycles. The minimum atomic E-state index is -0.310. The second-order valence-corrected chi connectivity index (χ2v) is 5.02. The Morgan fingerprint density at radius 3 is 2.88 bits per heavy atom. The number of carbonyl (C=O) groups is 1. The fourth-order valence-electron chi connectivity index (χ4n) is 1.14. The van der Waals surface area contributed by atoms with Crippen LogP contribution in [0.1, 0.15) is 15.9 Å². The zero-order valence-corrected chi connectivity index (χ0v) is 11.0. The summed E-state index contributed by atoms with van der Waals surface area (Å²) in [6.07, 6.45) is 0. The molecule has 1 amide bonds. The Bertz CT molecular complexity index is 374. The number of aliphatic hydroxyl groups is 1. The lowest BCUT2D eigenvalue weighted by molar-refractivity contribution is 0.0953. The van der Waals surface area contributed by atoms with Gasteiger partial charge in [-0.3, -0.25) is 10.2 Å². The Labute approximate surface area is 107 Å². The van der Waals surface area contributed by atoms with Gasteiger partial charge < -0.3 is 5.11 Å². The van der Waals surface area contributed by atoms with Gasteiger partial charge in [0.2, 0.25) is 0 Å². The zero-order valence-electron chi connectivity index (χ0n) is 8.57. The van der Waals surface area contributed by atoms with E-state index in [4.69, 9.17) is 10.9 Å². The van der Waals surface area contributed by atoms with E-state index in [-0.39, 0.29) is 12.5 Å². The summed E-state index contributed by atoms with van der Waals surface area (Å²) in [5, 5.41) is 8.66. The quantitative estimate of drug-likeness (QED) is 0.331. The number of hydrazine groups is 1. The Morgan fingerprint density at radius 2 is 2.31 bits per heavy atom. The molecule has 0 atom stereocenters. The molecule has 4 N–H and O–H groups in total. The average molecular weight is 305 g/mol. The molecule has 0 spiro atoms. The topological polar surface area (TPSA) is 75.3 Å². The van der Waals surface area contributed by atoms with Crippen molar-refractivity contribution >= 4 is 33.6 Å². The molecule has 6 heteroatoms. The van der Waals surface area contributed by atoms with E-state index in [1.54, 1.807) is 23.9 Å². The van der Waals surface area contributed by atoms with Crippen molar-refractivity contribution in [3.8, 4) is 0 Å². The minimum absolute atomic E-state index is 0.177. The number of nitrogens with one attached hydrogen (secondary N) is 1. The van der Waals surface area contributed by atoms with Crippen molar-refractivity contribution in [3.05, 3.63) is 33.8 Å². The molecule has 0 saturated carbocycles. The fraction of sp³-hybridized carbons (Fsp3) is 0.300. The van der Waals surface area contributed by atoms with E-state index >= 15 is 0 Å². The highest BCUT2D eigenvalue weighted by atomic mass is 79.9. The number of nitrogens with two attached hydrogens (primary N) is 1. The Balaban J connectivity index is 2.71. The van der Waals surface area contributed by atoms with Gasteiger partial charge >= 0.3 is 0 Å². The fourth-order valence-corrected chi connectivity index (χ4v) is 2.59. The maximum Gasteiger partial charge on any atom is 0.265 e. The Hall–Kier alpha value is -0.560. The third-order valence-electron chi connectivity index (χ3n) is 1.94. The number of benzene rings is 1. The highest BCUT2D eigenvalue weighted by Crippen LogP contribution is 2.23. The number of nitrogen functional groups attached to an aromatic ring is 1. The van der Waals surface area contributed by atoms with Crippen molar-refractivity contribution in [2.24, 2.45) is 5.84 Å². The molecule has 0 fully saturated rings. The van der Waals surface area contributed by atoms with Crippen molar-refractivity contribution in [3.63, 3.8) is 0 Å². The predicted molar refractivity (Wildman–Crippen MR) is 69.0 cm³/mol. The van der Waals surface area contributed by atoms with Crippen LogP contribution in [0.4, 0.5) is 0 Å². The summed E-state index contributed by atoms with van der Waals surface area (Å²) in [5.41, 5.74) is 3.69. The van der Waals surface area contributed by atoms with Gasteiger partial charge in [-0.05, 0) is 17.7 Å². The van der Waals surface area contributed by atoms with Crippen molar-refractivity contribution in [2.75, 3.05) is 12.4 Å². The zero-order chi connectivity index (χ0) is 12.0. The molecular formula is C10H13BrN2O2S. The maximum atomic E-state index is 11.2. The van der Waals surface area contributed by atoms with Crippen molar-refractivity contribution in [1.29, 1.82) is 0 Å². The predicted octanol–water partition coefficient (Wildman–Crippen LogP) is 1.28. The van der Waals surface area contributed by atoms with Gasteiger partial charge in [0.15, 0.2) is 0 Å². The summed E-state index contributed by atoms with van der Waals surface area (Å²) < 4.78 is 0.874. The van der Waals surface area contributed by atoms with E-state index in [9.17, 15) is 4.79 Å². The lowest BCUT2D eigenvalue weighted by atomic mass is 10.1. The van der Waals surface area contributed by atoms with Crippen molar-refractivity contribution in [1.82, 2.24) is 5.43 Å². The van der Waals surface area contributed by atoms with Crippen LogP contribution in [-0.2, 0) is 5.75 Å². The van der Waals surface area contributed by atoms with Gasteiger partial charge in [-0.2, -0.15) is 11.8 Å². The summed E-state index contributed by atoms with van der Waals surface area (Å²) in [6, 6.07) is 5.33. The van der Waals surface area contributed by atoms with Crippen molar-refractivity contribution in [2.45, 2.75) is 5.75 Å². The highest BCUT2D eigenvalue weighted by molar-refractivity contribution is 9.10. The third-order valence-corrected chi connectivity index (χ3v) is 3.66. The summed E-state index contributed by atoms with van der Waals surface area (Å²) in [4.78, 5) is 11.2. The van der Waals surface area contributed by atoms with Gasteiger partial charge in [-0.15, -0.1) is 0 Å². The average Bonchev–Trinajstić information content (AvgIpc) is 2.30. The molecule has 1 aromatic rings. The first-order valence-electron chi connectivity index (χ1n) is 4.67. The smallest absolute Gasteiger partial charge is 0.265 e. The largest absolute Gasteiger partial charge is 0.396 e. The maximum absolute atomic E-state index is 11.2. The molecule has 0 saturated heterocycles. The summed E-state index contributed by atoms with van der Waals surface area (Å²) >= 11 is 5.04. The molecule has 0 aliphatic heterocycles. The number of aliphatic hydroxyl groups excluding tert-OH is 1. The van der Waals surface area contributed by atoms with Crippen LogP contribution in [0.2, 0.25) is 0 Å². The number of hydrogen-bond donors (Lipinski definition) is 3. The summed E-state index contributed by atoms with van der Waals surface area (Å²) in [5.74, 6) is 6.24. The molecule has 0 heterocycles. The van der Waals surface area contributed by atoms with Gasteiger partial charge in [0.25, 0.3) is 5.91 Å². The minimum Gasteiger partial charge on any atom is -0.396 e. The van der Waals surface area contributed by atoms with Crippen LogP contribution in [0, 0.1) is 0 Å². The second kappa shape index (κ2) is 6.90. The van der Waals surface area contributed by atoms with Gasteiger partial charge in [0, 0.05) is 21.5 Å². The third kappa shape index (κ3) is 3.79. The molecule has 16 heavy (non-hydrogen) atoms. The van der Waals surface area contributed by atoms with Gasteiger partial charge in [-0.1, -0.05) is 22.0 Å². The number of thioether (sulfide) groups is 1. The Morgan fingerprint density at radius 1 is 1.56 bits per heavy atom. The number of amides is 1. The van der Waals surface area contributed by atoms with Crippen LogP contribution in [0.3, 0.4) is 0 Å². The SMILES string of the molecule is NNC(=O)c1ccc(CSCCO)c(Br)c1. The molecule has 0 bridgehead atoms. The molecule has 0 radical (unpaired) electrons. The first-order chi connectivity index (χ1) is 7.69.